The summed E-state index contributed by atoms with van der Waals surface area (Å²) in [4.78, 5) is 14.5. The first-order valence-corrected chi connectivity index (χ1v) is 9.65. The number of hydrogen-bond donors (Lipinski definition) is 0. The average molecular weight is 357 g/mol. The highest BCUT2D eigenvalue weighted by atomic mass is 32.2. The molecular weight excluding hydrogens is 334 g/mol. The van der Waals surface area contributed by atoms with Gasteiger partial charge in [-0.1, -0.05) is 35.5 Å². The predicted molar refractivity (Wildman–Crippen MR) is 98.6 cm³/mol. The van der Waals surface area contributed by atoms with Crippen LogP contribution in [0, 0.1) is 6.92 Å². The van der Waals surface area contributed by atoms with E-state index in [0.29, 0.717) is 17.5 Å². The maximum atomic E-state index is 12.6. The first-order chi connectivity index (χ1) is 12.2. The molecule has 1 aliphatic rings. The number of thioether (sulfide) groups is 1. The van der Waals surface area contributed by atoms with Gasteiger partial charge in [0.25, 0.3) is 0 Å². The van der Waals surface area contributed by atoms with E-state index in [-0.39, 0.29) is 5.91 Å². The Kier molecular flexibility index (Phi) is 5.86. The molecule has 0 radical (unpaired) electrons. The average Bonchev–Trinajstić information content (AvgIpc) is 3.11. The molecule has 3 rings (SSSR count). The van der Waals surface area contributed by atoms with Crippen LogP contribution in [0.2, 0.25) is 0 Å². The van der Waals surface area contributed by atoms with Gasteiger partial charge in [-0.25, -0.2) is 0 Å². The zero-order valence-electron chi connectivity index (χ0n) is 14.7. The summed E-state index contributed by atoms with van der Waals surface area (Å²) in [7, 11) is 0. The van der Waals surface area contributed by atoms with Crippen LogP contribution in [-0.2, 0) is 4.79 Å². The van der Waals surface area contributed by atoms with E-state index in [1.165, 1.54) is 23.7 Å². The Morgan fingerprint density at radius 1 is 1.28 bits per heavy atom. The third kappa shape index (κ3) is 4.28. The van der Waals surface area contributed by atoms with Crippen molar-refractivity contribution in [3.05, 3.63) is 41.6 Å². The predicted octanol–water partition coefficient (Wildman–Crippen LogP) is 3.37. The molecule has 2 aromatic rings. The van der Waals surface area contributed by atoms with Gasteiger partial charge in [-0.2, -0.15) is 4.68 Å². The third-order valence-electron chi connectivity index (χ3n) is 4.28. The molecule has 0 saturated heterocycles. The number of amides is 1. The lowest BCUT2D eigenvalue weighted by atomic mass is 10.0. The first-order valence-electron chi connectivity index (χ1n) is 8.66. The van der Waals surface area contributed by atoms with Crippen LogP contribution in [0.3, 0.4) is 0 Å². The SMILES string of the molecule is CCN(C(=O)CSc1nnnn1-c1ccc(C)cc1)C1=CCCCC1. The monoisotopic (exact) mass is 357 g/mol. The van der Waals surface area contributed by atoms with Crippen LogP contribution in [0.5, 0.6) is 0 Å². The van der Waals surface area contributed by atoms with Gasteiger partial charge in [0.1, 0.15) is 0 Å². The summed E-state index contributed by atoms with van der Waals surface area (Å²) in [6.45, 7) is 4.76. The minimum Gasteiger partial charge on any atom is -0.316 e. The summed E-state index contributed by atoms with van der Waals surface area (Å²) in [5.74, 6) is 0.441. The second-order valence-corrected chi connectivity index (χ2v) is 7.02. The molecule has 1 aromatic carbocycles. The Bertz CT molecular complexity index is 753. The minimum atomic E-state index is 0.110. The highest BCUT2D eigenvalue weighted by Crippen LogP contribution is 2.23. The maximum Gasteiger partial charge on any atom is 0.237 e. The van der Waals surface area contributed by atoms with Crippen LogP contribution in [0.4, 0.5) is 0 Å². The molecule has 1 aliphatic carbocycles. The summed E-state index contributed by atoms with van der Waals surface area (Å²) in [6.07, 6.45) is 6.64. The van der Waals surface area contributed by atoms with Crippen LogP contribution in [0.1, 0.15) is 38.2 Å². The fourth-order valence-corrected chi connectivity index (χ4v) is 3.69. The molecule has 1 heterocycles. The molecule has 6 nitrogen and oxygen atoms in total. The van der Waals surface area contributed by atoms with Crippen molar-refractivity contribution in [1.29, 1.82) is 0 Å². The number of benzene rings is 1. The van der Waals surface area contributed by atoms with E-state index >= 15 is 0 Å². The van der Waals surface area contributed by atoms with E-state index in [0.717, 1.165) is 30.6 Å². The van der Waals surface area contributed by atoms with Crippen LogP contribution >= 0.6 is 11.8 Å². The minimum absolute atomic E-state index is 0.110. The Morgan fingerprint density at radius 2 is 2.08 bits per heavy atom. The van der Waals surface area contributed by atoms with E-state index < -0.39 is 0 Å². The lowest BCUT2D eigenvalue weighted by Gasteiger charge is -2.26. The lowest BCUT2D eigenvalue weighted by molar-refractivity contribution is -0.126. The van der Waals surface area contributed by atoms with Crippen molar-refractivity contribution in [2.24, 2.45) is 0 Å². The lowest BCUT2D eigenvalue weighted by Crippen LogP contribution is -2.32. The second-order valence-electron chi connectivity index (χ2n) is 6.08. The quantitative estimate of drug-likeness (QED) is 0.742. The number of nitrogens with zero attached hydrogens (tertiary/aromatic N) is 5. The molecule has 0 unspecified atom stereocenters. The molecule has 132 valence electrons. The van der Waals surface area contributed by atoms with Gasteiger partial charge in [0.05, 0.1) is 11.4 Å². The largest absolute Gasteiger partial charge is 0.316 e. The van der Waals surface area contributed by atoms with Gasteiger partial charge in [0.2, 0.25) is 11.1 Å². The highest BCUT2D eigenvalue weighted by Gasteiger charge is 2.19. The first kappa shape index (κ1) is 17.7. The Hall–Kier alpha value is -2.15. The molecule has 7 heteroatoms. The zero-order valence-corrected chi connectivity index (χ0v) is 15.5. The molecule has 0 bridgehead atoms. The van der Waals surface area contributed by atoms with Crippen molar-refractivity contribution in [3.8, 4) is 5.69 Å². The van der Waals surface area contributed by atoms with Crippen molar-refractivity contribution < 1.29 is 4.79 Å². The molecular formula is C18H23N5OS. The van der Waals surface area contributed by atoms with Crippen molar-refractivity contribution in [2.75, 3.05) is 12.3 Å². The summed E-state index contributed by atoms with van der Waals surface area (Å²) in [5.41, 5.74) is 3.24. The number of rotatable bonds is 6. The normalized spacial score (nSPS) is 14.2. The number of aromatic nitrogens is 4. The molecule has 0 saturated carbocycles. The number of aryl methyl sites for hydroxylation is 1. The third-order valence-corrected chi connectivity index (χ3v) is 5.18. The fraction of sp³-hybridized carbons (Fsp3) is 0.444. The van der Waals surface area contributed by atoms with Gasteiger partial charge in [-0.15, -0.1) is 5.10 Å². The molecule has 1 amide bonds. The smallest absolute Gasteiger partial charge is 0.237 e. The molecule has 0 spiro atoms. The van der Waals surface area contributed by atoms with Crippen molar-refractivity contribution in [3.63, 3.8) is 0 Å². The number of carbonyl (C=O) groups excluding carboxylic acids is 1. The Balaban J connectivity index is 1.67. The standard InChI is InChI=1S/C18H23N5OS/c1-3-22(15-7-5-4-6-8-15)17(24)13-25-18-19-20-21-23(18)16-11-9-14(2)10-12-16/h7,9-12H,3-6,8,13H2,1-2H3. The second kappa shape index (κ2) is 8.29. The maximum absolute atomic E-state index is 12.6. The van der Waals surface area contributed by atoms with Crippen LogP contribution in [0.25, 0.3) is 5.69 Å². The van der Waals surface area contributed by atoms with E-state index in [9.17, 15) is 4.79 Å². The number of allylic oxidation sites excluding steroid dienone is 2. The van der Waals surface area contributed by atoms with Crippen molar-refractivity contribution in [2.45, 2.75) is 44.7 Å². The van der Waals surface area contributed by atoms with Crippen LogP contribution in [0.15, 0.2) is 41.2 Å². The zero-order chi connectivity index (χ0) is 17.6. The van der Waals surface area contributed by atoms with E-state index in [1.807, 2.05) is 43.0 Å². The van der Waals surface area contributed by atoms with Gasteiger partial charge in [-0.05, 0) is 62.1 Å². The topological polar surface area (TPSA) is 63.9 Å². The molecule has 1 aromatic heterocycles. The fourth-order valence-electron chi connectivity index (χ4n) is 2.93. The van der Waals surface area contributed by atoms with Crippen molar-refractivity contribution in [1.82, 2.24) is 25.1 Å². The molecule has 0 N–H and O–H groups in total. The molecule has 25 heavy (non-hydrogen) atoms. The number of hydrogen-bond acceptors (Lipinski definition) is 5. The van der Waals surface area contributed by atoms with E-state index in [2.05, 4.69) is 21.6 Å². The molecule has 0 fully saturated rings. The van der Waals surface area contributed by atoms with Gasteiger partial charge in [0.15, 0.2) is 0 Å². The summed E-state index contributed by atoms with van der Waals surface area (Å²) in [6, 6.07) is 7.99. The van der Waals surface area contributed by atoms with Crippen molar-refractivity contribution >= 4 is 17.7 Å². The number of carbonyl (C=O) groups is 1. The molecule has 0 atom stereocenters. The summed E-state index contributed by atoms with van der Waals surface area (Å²) >= 11 is 1.38. The summed E-state index contributed by atoms with van der Waals surface area (Å²) < 4.78 is 1.67. The van der Waals surface area contributed by atoms with E-state index in [1.54, 1.807) is 4.68 Å². The van der Waals surface area contributed by atoms with E-state index in [4.69, 9.17) is 0 Å². The summed E-state index contributed by atoms with van der Waals surface area (Å²) in [5, 5.41) is 12.5. The van der Waals surface area contributed by atoms with Crippen LogP contribution in [-0.4, -0.2) is 43.3 Å². The van der Waals surface area contributed by atoms with Gasteiger partial charge in [-0.3, -0.25) is 4.79 Å². The van der Waals surface area contributed by atoms with Gasteiger partial charge < -0.3 is 4.90 Å². The van der Waals surface area contributed by atoms with Gasteiger partial charge in [0, 0.05) is 12.2 Å². The van der Waals surface area contributed by atoms with Crippen LogP contribution < -0.4 is 0 Å². The number of tetrazole rings is 1. The Morgan fingerprint density at radius 3 is 2.76 bits per heavy atom. The Labute approximate surface area is 152 Å². The van der Waals surface area contributed by atoms with Gasteiger partial charge >= 0.3 is 0 Å². The highest BCUT2D eigenvalue weighted by molar-refractivity contribution is 7.99. The molecule has 0 aliphatic heterocycles.